The van der Waals surface area contributed by atoms with Crippen molar-refractivity contribution in [1.82, 2.24) is 15.1 Å². The molecule has 0 bridgehead atoms. The highest BCUT2D eigenvalue weighted by Gasteiger charge is 2.22. The van der Waals surface area contributed by atoms with E-state index in [0.717, 1.165) is 0 Å². The molecule has 0 aliphatic rings. The van der Waals surface area contributed by atoms with Crippen LogP contribution in [0.5, 0.6) is 0 Å². The zero-order valence-corrected chi connectivity index (χ0v) is 12.6. The number of primary amides is 1. The number of nitrogens with one attached hydrogen (secondary N) is 1. The molecule has 3 aromatic rings. The molecule has 0 saturated heterocycles. The van der Waals surface area contributed by atoms with Crippen molar-refractivity contribution in [2.24, 2.45) is 5.73 Å². The smallest absolute Gasteiger partial charge is 0.361 e. The van der Waals surface area contributed by atoms with Gasteiger partial charge in [0, 0.05) is 0 Å². The monoisotopic (exact) mass is 327 g/mol. The maximum absolute atomic E-state index is 12.0. The van der Waals surface area contributed by atoms with Gasteiger partial charge in [0.25, 0.3) is 11.6 Å². The van der Waals surface area contributed by atoms with Gasteiger partial charge in [0.1, 0.15) is 17.5 Å². The molecule has 0 unspecified atom stereocenters. The van der Waals surface area contributed by atoms with Crippen molar-refractivity contribution in [1.29, 1.82) is 0 Å². The molecule has 24 heavy (non-hydrogen) atoms. The number of ether oxygens (including phenoxy) is 1. The average Bonchev–Trinajstić information content (AvgIpc) is 3.00. The highest BCUT2D eigenvalue weighted by Crippen LogP contribution is 2.27. The number of esters is 1. The molecule has 2 heterocycles. The van der Waals surface area contributed by atoms with Crippen LogP contribution in [-0.2, 0) is 4.74 Å². The van der Waals surface area contributed by atoms with Gasteiger partial charge in [-0.3, -0.25) is 4.79 Å². The van der Waals surface area contributed by atoms with Crippen LogP contribution in [0.1, 0.15) is 27.8 Å². The molecule has 0 radical (unpaired) electrons. The number of anilines is 2. The first-order valence-corrected chi connectivity index (χ1v) is 7.05. The Morgan fingerprint density at radius 3 is 2.83 bits per heavy atom. The van der Waals surface area contributed by atoms with Crippen LogP contribution < -0.4 is 11.1 Å². The fourth-order valence-electron chi connectivity index (χ4n) is 2.15. The van der Waals surface area contributed by atoms with Crippen LogP contribution in [0.15, 0.2) is 35.1 Å². The van der Waals surface area contributed by atoms with Gasteiger partial charge in [0.2, 0.25) is 5.69 Å². The molecular formula is C15H13N5O4. The Balaban J connectivity index is 2.09. The zero-order valence-electron chi connectivity index (χ0n) is 12.6. The van der Waals surface area contributed by atoms with Gasteiger partial charge in [0.05, 0.1) is 17.9 Å². The van der Waals surface area contributed by atoms with Crippen molar-refractivity contribution in [3.8, 4) is 0 Å². The van der Waals surface area contributed by atoms with Crippen LogP contribution >= 0.6 is 0 Å². The maximum Gasteiger partial charge on any atom is 0.361 e. The van der Waals surface area contributed by atoms with E-state index < -0.39 is 11.9 Å². The van der Waals surface area contributed by atoms with E-state index in [1.54, 1.807) is 31.2 Å². The predicted octanol–water partition coefficient (Wildman–Crippen LogP) is 1.64. The van der Waals surface area contributed by atoms with Gasteiger partial charge in [-0.1, -0.05) is 17.3 Å². The van der Waals surface area contributed by atoms with Crippen molar-refractivity contribution >= 4 is 34.5 Å². The molecule has 0 aliphatic carbocycles. The Morgan fingerprint density at radius 1 is 1.29 bits per heavy atom. The van der Waals surface area contributed by atoms with E-state index in [-0.39, 0.29) is 34.8 Å². The van der Waals surface area contributed by atoms with Crippen molar-refractivity contribution in [2.75, 3.05) is 11.9 Å². The fraction of sp³-hybridized carbons (Fsp3) is 0.133. The van der Waals surface area contributed by atoms with Crippen LogP contribution in [-0.4, -0.2) is 33.6 Å². The molecule has 2 aromatic heterocycles. The topological polar surface area (TPSA) is 133 Å². The quantitative estimate of drug-likeness (QED) is 0.675. The first-order valence-electron chi connectivity index (χ1n) is 7.05. The number of aromatic nitrogens is 3. The van der Waals surface area contributed by atoms with Crippen molar-refractivity contribution in [3.05, 3.63) is 41.9 Å². The predicted molar refractivity (Wildman–Crippen MR) is 83.8 cm³/mol. The number of amides is 1. The second kappa shape index (κ2) is 6.32. The largest absolute Gasteiger partial charge is 0.461 e. The summed E-state index contributed by atoms with van der Waals surface area (Å²) in [7, 11) is 0. The Kier molecular flexibility index (Phi) is 4.06. The van der Waals surface area contributed by atoms with Crippen LogP contribution in [0.3, 0.4) is 0 Å². The number of carbonyl (C=O) groups excluding carboxylic acids is 2. The summed E-state index contributed by atoms with van der Waals surface area (Å²) in [6.07, 6.45) is 1.25. The Hall–Kier alpha value is -3.49. The number of hydrogen-bond acceptors (Lipinski definition) is 8. The molecule has 1 amide bonds. The summed E-state index contributed by atoms with van der Waals surface area (Å²) in [6.45, 7) is 1.87. The lowest BCUT2D eigenvalue weighted by molar-refractivity contribution is 0.0516. The molecule has 0 aliphatic heterocycles. The standard InChI is InChI=1S/C15H13N5O4/c1-2-23-15(22)11-10-13(17-7-18-14(10)24-20-11)19-9-6-4-3-5-8(9)12(16)21/h3-7H,2H2,1H3,(H2,16,21)(H,17,18,19). The SMILES string of the molecule is CCOC(=O)c1noc2ncnc(Nc3ccccc3C(N)=O)c12. The minimum absolute atomic E-state index is 0.0495. The zero-order chi connectivity index (χ0) is 17.1. The van der Waals surface area contributed by atoms with Gasteiger partial charge in [0.15, 0.2) is 0 Å². The summed E-state index contributed by atoms with van der Waals surface area (Å²) in [5.41, 5.74) is 6.14. The average molecular weight is 327 g/mol. The van der Waals surface area contributed by atoms with E-state index in [1.807, 2.05) is 0 Å². The molecule has 3 N–H and O–H groups in total. The van der Waals surface area contributed by atoms with Crippen molar-refractivity contribution in [3.63, 3.8) is 0 Å². The van der Waals surface area contributed by atoms with Gasteiger partial charge in [-0.15, -0.1) is 0 Å². The van der Waals surface area contributed by atoms with Gasteiger partial charge in [-0.2, -0.15) is 4.98 Å². The second-order valence-corrected chi connectivity index (χ2v) is 4.69. The third kappa shape index (κ3) is 2.74. The van der Waals surface area contributed by atoms with E-state index in [2.05, 4.69) is 20.4 Å². The lowest BCUT2D eigenvalue weighted by Gasteiger charge is -2.09. The number of carbonyl (C=O) groups is 2. The molecule has 3 rings (SSSR count). The number of hydrogen-bond donors (Lipinski definition) is 2. The van der Waals surface area contributed by atoms with E-state index in [1.165, 1.54) is 6.33 Å². The molecule has 0 saturated carbocycles. The first-order chi connectivity index (χ1) is 11.6. The summed E-state index contributed by atoms with van der Waals surface area (Å²) in [6, 6.07) is 6.64. The summed E-state index contributed by atoms with van der Waals surface area (Å²) in [5.74, 6) is -1.00. The summed E-state index contributed by atoms with van der Waals surface area (Å²) < 4.78 is 9.98. The summed E-state index contributed by atoms with van der Waals surface area (Å²) in [5, 5.41) is 6.91. The first kappa shape index (κ1) is 15.4. The Morgan fingerprint density at radius 2 is 2.08 bits per heavy atom. The van der Waals surface area contributed by atoms with Gasteiger partial charge >= 0.3 is 5.97 Å². The molecule has 0 atom stereocenters. The fourth-order valence-corrected chi connectivity index (χ4v) is 2.15. The third-order valence-corrected chi connectivity index (χ3v) is 3.19. The minimum Gasteiger partial charge on any atom is -0.461 e. The van der Waals surface area contributed by atoms with Crippen molar-refractivity contribution < 1.29 is 18.8 Å². The van der Waals surface area contributed by atoms with Crippen LogP contribution in [0.2, 0.25) is 0 Å². The maximum atomic E-state index is 12.0. The second-order valence-electron chi connectivity index (χ2n) is 4.69. The van der Waals surface area contributed by atoms with Crippen LogP contribution in [0.4, 0.5) is 11.5 Å². The molecule has 9 nitrogen and oxygen atoms in total. The normalized spacial score (nSPS) is 10.5. The number of benzene rings is 1. The minimum atomic E-state index is -0.655. The van der Waals surface area contributed by atoms with Crippen LogP contribution in [0.25, 0.3) is 11.1 Å². The Labute approximate surface area is 135 Å². The third-order valence-electron chi connectivity index (χ3n) is 3.19. The van der Waals surface area contributed by atoms with Gasteiger partial charge in [-0.25, -0.2) is 9.78 Å². The number of rotatable bonds is 5. The molecule has 0 spiro atoms. The lowest BCUT2D eigenvalue weighted by Crippen LogP contribution is -2.13. The van der Waals surface area contributed by atoms with Gasteiger partial charge in [-0.05, 0) is 19.1 Å². The summed E-state index contributed by atoms with van der Waals surface area (Å²) in [4.78, 5) is 31.5. The number of nitrogens with two attached hydrogens (primary N) is 1. The van der Waals surface area contributed by atoms with E-state index in [0.29, 0.717) is 5.69 Å². The lowest BCUT2D eigenvalue weighted by atomic mass is 10.1. The van der Waals surface area contributed by atoms with Gasteiger partial charge < -0.3 is 20.3 Å². The van der Waals surface area contributed by atoms with E-state index >= 15 is 0 Å². The highest BCUT2D eigenvalue weighted by atomic mass is 16.5. The van der Waals surface area contributed by atoms with Crippen LogP contribution in [0, 0.1) is 0 Å². The Bertz CT molecular complexity index is 921. The number of nitrogens with zero attached hydrogens (tertiary/aromatic N) is 3. The molecule has 0 fully saturated rings. The molecule has 122 valence electrons. The molecule has 1 aromatic carbocycles. The van der Waals surface area contributed by atoms with Crippen molar-refractivity contribution in [2.45, 2.75) is 6.92 Å². The summed E-state index contributed by atoms with van der Waals surface area (Å²) >= 11 is 0. The van der Waals surface area contributed by atoms with E-state index in [4.69, 9.17) is 15.0 Å². The number of fused-ring (bicyclic) bond motifs is 1. The highest BCUT2D eigenvalue weighted by molar-refractivity contribution is 6.06. The van der Waals surface area contributed by atoms with E-state index in [9.17, 15) is 9.59 Å². The molecular weight excluding hydrogens is 314 g/mol. The molecule has 9 heteroatoms. The number of para-hydroxylation sites is 1.